The number of carbonyl (C=O) groups excluding carboxylic acids is 2. The van der Waals surface area contributed by atoms with Gasteiger partial charge in [0.15, 0.2) is 12.0 Å². The molecule has 2 unspecified atom stereocenters. The van der Waals surface area contributed by atoms with E-state index in [4.69, 9.17) is 11.5 Å². The number of methoxy groups -OCH3 is 1. The molecule has 1 aliphatic heterocycles. The van der Waals surface area contributed by atoms with Crippen LogP contribution in [-0.4, -0.2) is 56.5 Å². The van der Waals surface area contributed by atoms with Crippen molar-refractivity contribution in [3.63, 3.8) is 0 Å². The summed E-state index contributed by atoms with van der Waals surface area (Å²) in [6, 6.07) is -1.10. The van der Waals surface area contributed by atoms with Crippen molar-refractivity contribution >= 4 is 27.9 Å². The van der Waals surface area contributed by atoms with Gasteiger partial charge in [0.05, 0.1) is 19.3 Å². The predicted molar refractivity (Wildman–Crippen MR) is 70.9 cm³/mol. The highest BCUT2D eigenvalue weighted by atomic mass is 32.2. The van der Waals surface area contributed by atoms with Crippen LogP contribution in [0.15, 0.2) is 4.99 Å². The summed E-state index contributed by atoms with van der Waals surface area (Å²) in [5.41, 5.74) is 10.3. The van der Waals surface area contributed by atoms with Gasteiger partial charge in [0.25, 0.3) is 0 Å². The molecule has 0 aromatic rings. The Bertz CT molecular complexity index is 526. The van der Waals surface area contributed by atoms with Gasteiger partial charge in [-0.15, -0.1) is 0 Å². The molecule has 1 aliphatic rings. The number of sulfonamides is 1. The normalized spacial score (nSPS) is 22.1. The minimum Gasteiger partial charge on any atom is -0.467 e. The number of amides is 1. The second-order valence-electron chi connectivity index (χ2n) is 4.42. The maximum absolute atomic E-state index is 11.8. The van der Waals surface area contributed by atoms with E-state index in [1.165, 1.54) is 0 Å². The smallest absolute Gasteiger partial charge is 0.330 e. The molecular weight excluding hydrogens is 288 g/mol. The van der Waals surface area contributed by atoms with Gasteiger partial charge in [-0.3, -0.25) is 9.79 Å². The zero-order valence-electron chi connectivity index (χ0n) is 11.3. The molecule has 0 aromatic heterocycles. The molecule has 2 atom stereocenters. The summed E-state index contributed by atoms with van der Waals surface area (Å²) in [4.78, 5) is 27.2. The lowest BCUT2D eigenvalue weighted by atomic mass is 9.86. The third-order valence-electron chi connectivity index (χ3n) is 2.94. The summed E-state index contributed by atoms with van der Waals surface area (Å²) < 4.78 is 28.0. The van der Waals surface area contributed by atoms with Crippen molar-refractivity contribution in [2.75, 3.05) is 19.9 Å². The first-order chi connectivity index (χ1) is 9.20. The topological polar surface area (TPSA) is 145 Å². The molecule has 0 radical (unpaired) electrons. The molecule has 0 saturated carbocycles. The lowest BCUT2D eigenvalue weighted by Gasteiger charge is -2.43. The van der Waals surface area contributed by atoms with E-state index in [1.54, 1.807) is 0 Å². The summed E-state index contributed by atoms with van der Waals surface area (Å²) in [6.07, 6.45) is 1.64. The highest BCUT2D eigenvalue weighted by Crippen LogP contribution is 2.33. The van der Waals surface area contributed by atoms with E-state index >= 15 is 0 Å². The molecule has 0 aromatic carbocycles. The molecule has 1 rings (SSSR count). The number of ether oxygens (including phenoxy) is 1. The molecule has 10 heteroatoms. The molecule has 0 bridgehead atoms. The Morgan fingerprint density at radius 1 is 1.45 bits per heavy atom. The summed E-state index contributed by atoms with van der Waals surface area (Å²) >= 11 is 0. The first kappa shape index (κ1) is 16.2. The molecule has 1 heterocycles. The lowest BCUT2D eigenvalue weighted by molar-refractivity contribution is -0.165. The van der Waals surface area contributed by atoms with E-state index < -0.39 is 33.9 Å². The number of esters is 1. The maximum atomic E-state index is 11.8. The molecule has 114 valence electrons. The van der Waals surface area contributed by atoms with E-state index in [2.05, 4.69) is 9.73 Å². The summed E-state index contributed by atoms with van der Waals surface area (Å²) in [5, 5.41) is 0. The van der Waals surface area contributed by atoms with Crippen LogP contribution in [-0.2, 0) is 24.3 Å². The van der Waals surface area contributed by atoms with Crippen molar-refractivity contribution in [1.82, 2.24) is 4.31 Å². The summed E-state index contributed by atoms with van der Waals surface area (Å²) in [7, 11) is -2.64. The number of nitrogens with two attached hydrogens (primary N) is 2. The fourth-order valence-electron chi connectivity index (χ4n) is 2.07. The number of nitrogens with zero attached hydrogens (tertiary/aromatic N) is 2. The Labute approximate surface area is 117 Å². The van der Waals surface area contributed by atoms with Crippen LogP contribution in [0, 0.1) is 5.92 Å². The van der Waals surface area contributed by atoms with Crippen molar-refractivity contribution in [3.8, 4) is 0 Å². The number of aliphatic imine (C=N–C) groups is 1. The molecule has 9 nitrogen and oxygen atoms in total. The third kappa shape index (κ3) is 3.38. The second-order valence-corrected chi connectivity index (χ2v) is 6.28. The van der Waals surface area contributed by atoms with Crippen LogP contribution in [0.25, 0.3) is 0 Å². The first-order valence-corrected chi connectivity index (χ1v) is 7.71. The van der Waals surface area contributed by atoms with Crippen LogP contribution in [0.4, 0.5) is 0 Å². The molecule has 4 N–H and O–H groups in total. The van der Waals surface area contributed by atoms with Gasteiger partial charge in [-0.25, -0.2) is 17.5 Å². The Morgan fingerprint density at radius 3 is 2.50 bits per heavy atom. The van der Waals surface area contributed by atoms with E-state index in [1.807, 2.05) is 0 Å². The SMILES string of the molecule is COC(=O)C1C(CCCN=C(N)N)C(=O)N1S(C)(=O)=O. The Kier molecular flexibility index (Phi) is 4.93. The second kappa shape index (κ2) is 6.07. The predicted octanol–water partition coefficient (Wildman–Crippen LogP) is -2.00. The average Bonchev–Trinajstić information content (AvgIpc) is 2.32. The van der Waals surface area contributed by atoms with E-state index in [0.717, 1.165) is 13.4 Å². The molecule has 20 heavy (non-hydrogen) atoms. The molecule has 1 amide bonds. The van der Waals surface area contributed by atoms with Gasteiger partial charge in [0.2, 0.25) is 15.9 Å². The number of hydrogen-bond acceptors (Lipinski definition) is 6. The van der Waals surface area contributed by atoms with Crippen molar-refractivity contribution < 1.29 is 22.7 Å². The minimum absolute atomic E-state index is 0.0628. The monoisotopic (exact) mass is 306 g/mol. The number of rotatable bonds is 6. The van der Waals surface area contributed by atoms with Gasteiger partial charge in [-0.05, 0) is 12.8 Å². The average molecular weight is 306 g/mol. The number of carbonyl (C=O) groups is 2. The van der Waals surface area contributed by atoms with Crippen molar-refractivity contribution in [3.05, 3.63) is 0 Å². The molecule has 1 saturated heterocycles. The highest BCUT2D eigenvalue weighted by Gasteiger charge is 2.55. The van der Waals surface area contributed by atoms with Crippen LogP contribution in [0.5, 0.6) is 0 Å². The Balaban J connectivity index is 2.74. The Morgan fingerprint density at radius 2 is 2.05 bits per heavy atom. The van der Waals surface area contributed by atoms with Gasteiger partial charge in [-0.2, -0.15) is 0 Å². The quantitative estimate of drug-likeness (QED) is 0.190. The van der Waals surface area contributed by atoms with Gasteiger partial charge in [0.1, 0.15) is 0 Å². The molecule has 0 spiro atoms. The van der Waals surface area contributed by atoms with Gasteiger partial charge in [0, 0.05) is 6.54 Å². The largest absolute Gasteiger partial charge is 0.467 e. The summed E-state index contributed by atoms with van der Waals surface area (Å²) in [6.45, 7) is 0.304. The highest BCUT2D eigenvalue weighted by molar-refractivity contribution is 7.89. The zero-order chi connectivity index (χ0) is 15.5. The fraction of sp³-hybridized carbons (Fsp3) is 0.700. The maximum Gasteiger partial charge on any atom is 0.330 e. The van der Waals surface area contributed by atoms with Crippen LogP contribution in [0.2, 0.25) is 0 Å². The van der Waals surface area contributed by atoms with Crippen LogP contribution in [0.1, 0.15) is 12.8 Å². The van der Waals surface area contributed by atoms with Gasteiger partial charge < -0.3 is 16.2 Å². The zero-order valence-corrected chi connectivity index (χ0v) is 12.1. The van der Waals surface area contributed by atoms with Gasteiger partial charge >= 0.3 is 5.97 Å². The molecule has 1 fully saturated rings. The van der Waals surface area contributed by atoms with E-state index in [-0.39, 0.29) is 5.96 Å². The van der Waals surface area contributed by atoms with Crippen molar-refractivity contribution in [2.24, 2.45) is 22.4 Å². The first-order valence-electron chi connectivity index (χ1n) is 5.86. The van der Waals surface area contributed by atoms with E-state index in [0.29, 0.717) is 23.7 Å². The lowest BCUT2D eigenvalue weighted by Crippen LogP contribution is -2.66. The van der Waals surface area contributed by atoms with Gasteiger partial charge in [-0.1, -0.05) is 0 Å². The minimum atomic E-state index is -3.78. The molecular formula is C10H18N4O5S. The van der Waals surface area contributed by atoms with Crippen LogP contribution in [0.3, 0.4) is 0 Å². The van der Waals surface area contributed by atoms with E-state index in [9.17, 15) is 18.0 Å². The summed E-state index contributed by atoms with van der Waals surface area (Å²) in [5.74, 6) is -2.13. The number of hydrogen-bond donors (Lipinski definition) is 2. The third-order valence-corrected chi connectivity index (χ3v) is 4.06. The fourth-order valence-corrected chi connectivity index (χ4v) is 3.18. The number of β-lactam (4-membered cyclic amide) rings is 1. The standard InChI is InChI=1S/C10H18N4O5S/c1-19-9(16)7-6(4-3-5-13-10(11)12)8(15)14(7)20(2,17)18/h6-7H,3-5H2,1-2H3,(H4,11,12,13). The molecule has 0 aliphatic carbocycles. The van der Waals surface area contributed by atoms with Crippen molar-refractivity contribution in [1.29, 1.82) is 0 Å². The number of guanidine groups is 1. The van der Waals surface area contributed by atoms with Crippen LogP contribution >= 0.6 is 0 Å². The van der Waals surface area contributed by atoms with Crippen molar-refractivity contribution in [2.45, 2.75) is 18.9 Å². The van der Waals surface area contributed by atoms with Crippen LogP contribution < -0.4 is 11.5 Å². The Hall–Kier alpha value is -1.84.